The summed E-state index contributed by atoms with van der Waals surface area (Å²) in [5, 5.41) is 12.6. The number of carbonyl (C=O) groups is 2. The molecular weight excluding hydrogens is 226 g/mol. The Bertz CT molecular complexity index is 496. The molecule has 1 aromatic rings. The Kier molecular flexibility index (Phi) is 4.04. The fourth-order valence-corrected chi connectivity index (χ4v) is 1.08. The maximum atomic E-state index is 11.5. The maximum Gasteiger partial charge on any atom is 0.300 e. The Morgan fingerprint density at radius 3 is 2.82 bits per heavy atom. The first-order chi connectivity index (χ1) is 8.06. The number of hydrogen-bond acceptors (Lipinski definition) is 5. The fraction of sp³-hybridized carbons (Fsp3) is 0.100. The molecule has 1 rings (SSSR count). The van der Waals surface area contributed by atoms with E-state index in [1.807, 2.05) is 5.32 Å². The van der Waals surface area contributed by atoms with Gasteiger partial charge in [-0.1, -0.05) is 6.08 Å². The molecule has 0 spiro atoms. The van der Waals surface area contributed by atoms with Crippen LogP contribution < -0.4 is 5.32 Å². The van der Waals surface area contributed by atoms with Crippen molar-refractivity contribution in [3.05, 3.63) is 46.3 Å². The van der Waals surface area contributed by atoms with E-state index in [9.17, 15) is 19.7 Å². The zero-order valence-electron chi connectivity index (χ0n) is 8.91. The van der Waals surface area contributed by atoms with Gasteiger partial charge in [-0.15, -0.1) is 0 Å². The number of hydrogen-bond donors (Lipinski definition) is 1. The zero-order valence-corrected chi connectivity index (χ0v) is 8.91. The van der Waals surface area contributed by atoms with E-state index < -0.39 is 28.1 Å². The van der Waals surface area contributed by atoms with Gasteiger partial charge in [0.1, 0.15) is 0 Å². The maximum absolute atomic E-state index is 11.5. The number of amides is 2. The lowest BCUT2D eigenvalue weighted by atomic mass is 10.3. The van der Waals surface area contributed by atoms with Crippen LogP contribution in [-0.4, -0.2) is 21.7 Å². The Morgan fingerprint density at radius 2 is 2.24 bits per heavy atom. The van der Waals surface area contributed by atoms with Crippen LogP contribution in [0.1, 0.15) is 17.4 Å². The SMILES string of the molecule is CC=CC(=O)NC(=O)c1ncccc1[N+](=O)[O-]. The van der Waals surface area contributed by atoms with Crippen molar-refractivity contribution < 1.29 is 14.5 Å². The van der Waals surface area contributed by atoms with Gasteiger partial charge in [-0.3, -0.25) is 25.0 Å². The normalized spacial score (nSPS) is 10.2. The largest absolute Gasteiger partial charge is 0.300 e. The zero-order chi connectivity index (χ0) is 12.8. The van der Waals surface area contributed by atoms with E-state index in [0.29, 0.717) is 0 Å². The molecule has 2 amide bonds. The summed E-state index contributed by atoms with van der Waals surface area (Å²) >= 11 is 0. The van der Waals surface area contributed by atoms with Crippen molar-refractivity contribution in [2.45, 2.75) is 6.92 Å². The lowest BCUT2D eigenvalue weighted by Crippen LogP contribution is -2.30. The lowest BCUT2D eigenvalue weighted by Gasteiger charge is -2.00. The van der Waals surface area contributed by atoms with Crippen LogP contribution in [0.25, 0.3) is 0 Å². The van der Waals surface area contributed by atoms with Gasteiger partial charge in [0.25, 0.3) is 11.8 Å². The van der Waals surface area contributed by atoms with Gasteiger partial charge in [0.15, 0.2) is 0 Å². The molecule has 17 heavy (non-hydrogen) atoms. The van der Waals surface area contributed by atoms with Crippen molar-refractivity contribution >= 4 is 17.5 Å². The van der Waals surface area contributed by atoms with E-state index in [2.05, 4.69) is 4.98 Å². The molecule has 0 bridgehead atoms. The number of imide groups is 1. The average Bonchev–Trinajstić information content (AvgIpc) is 2.29. The van der Waals surface area contributed by atoms with Crippen LogP contribution in [-0.2, 0) is 4.79 Å². The number of aromatic nitrogens is 1. The predicted octanol–water partition coefficient (Wildman–Crippen LogP) is 0.822. The second-order valence-electron chi connectivity index (χ2n) is 2.95. The third-order valence-corrected chi connectivity index (χ3v) is 1.75. The van der Waals surface area contributed by atoms with Gasteiger partial charge in [-0.05, 0) is 19.1 Å². The molecule has 0 aromatic carbocycles. The Morgan fingerprint density at radius 1 is 1.53 bits per heavy atom. The predicted molar refractivity (Wildman–Crippen MR) is 58.2 cm³/mol. The molecule has 0 saturated heterocycles. The molecule has 0 aliphatic carbocycles. The second kappa shape index (κ2) is 5.50. The topological polar surface area (TPSA) is 102 Å². The Balaban J connectivity index is 2.97. The number of nitrogens with zero attached hydrogens (tertiary/aromatic N) is 2. The summed E-state index contributed by atoms with van der Waals surface area (Å²) in [6, 6.07) is 2.48. The van der Waals surface area contributed by atoms with Gasteiger partial charge in [0.05, 0.1) is 4.92 Å². The van der Waals surface area contributed by atoms with Crippen molar-refractivity contribution in [2.24, 2.45) is 0 Å². The highest BCUT2D eigenvalue weighted by Gasteiger charge is 2.21. The minimum Gasteiger partial charge on any atom is -0.287 e. The summed E-state index contributed by atoms with van der Waals surface area (Å²) < 4.78 is 0. The number of nitrogens with one attached hydrogen (secondary N) is 1. The first-order valence-corrected chi connectivity index (χ1v) is 4.63. The van der Waals surface area contributed by atoms with E-state index in [-0.39, 0.29) is 0 Å². The molecule has 0 aliphatic rings. The Labute approximate surface area is 96.3 Å². The fourth-order valence-electron chi connectivity index (χ4n) is 1.08. The molecule has 7 heteroatoms. The van der Waals surface area contributed by atoms with E-state index in [4.69, 9.17) is 0 Å². The molecule has 0 atom stereocenters. The first kappa shape index (κ1) is 12.5. The van der Waals surface area contributed by atoms with E-state index in [1.54, 1.807) is 6.92 Å². The molecular formula is C10H9N3O4. The van der Waals surface area contributed by atoms with Gasteiger partial charge in [-0.2, -0.15) is 0 Å². The number of pyridine rings is 1. The molecule has 1 heterocycles. The molecule has 1 N–H and O–H groups in total. The molecule has 0 aliphatic heterocycles. The Hall–Kier alpha value is -2.57. The van der Waals surface area contributed by atoms with Gasteiger partial charge in [0.2, 0.25) is 5.69 Å². The summed E-state index contributed by atoms with van der Waals surface area (Å²) in [7, 11) is 0. The summed E-state index contributed by atoms with van der Waals surface area (Å²) in [4.78, 5) is 36.1. The minimum atomic E-state index is -0.902. The van der Waals surface area contributed by atoms with Crippen molar-refractivity contribution in [2.75, 3.05) is 0 Å². The van der Waals surface area contributed by atoms with Gasteiger partial charge in [-0.25, -0.2) is 4.98 Å². The first-order valence-electron chi connectivity index (χ1n) is 4.63. The van der Waals surface area contributed by atoms with Gasteiger partial charge in [0, 0.05) is 12.3 Å². The van der Waals surface area contributed by atoms with E-state index in [1.165, 1.54) is 18.3 Å². The highest BCUT2D eigenvalue weighted by molar-refractivity contribution is 6.08. The summed E-state index contributed by atoms with van der Waals surface area (Å²) in [5.41, 5.74) is -0.839. The van der Waals surface area contributed by atoms with Gasteiger partial charge < -0.3 is 0 Å². The number of allylic oxidation sites excluding steroid dienone is 1. The molecule has 0 radical (unpaired) electrons. The van der Waals surface area contributed by atoms with Crippen LogP contribution >= 0.6 is 0 Å². The minimum absolute atomic E-state index is 0.393. The second-order valence-corrected chi connectivity index (χ2v) is 2.95. The smallest absolute Gasteiger partial charge is 0.287 e. The van der Waals surface area contributed by atoms with E-state index in [0.717, 1.165) is 12.1 Å². The van der Waals surface area contributed by atoms with Crippen molar-refractivity contribution in [3.8, 4) is 0 Å². The third kappa shape index (κ3) is 3.20. The highest BCUT2D eigenvalue weighted by Crippen LogP contribution is 2.14. The number of rotatable bonds is 3. The van der Waals surface area contributed by atoms with Gasteiger partial charge >= 0.3 is 5.69 Å². The monoisotopic (exact) mass is 235 g/mol. The summed E-state index contributed by atoms with van der Waals surface area (Å²) in [6.45, 7) is 1.60. The van der Waals surface area contributed by atoms with Crippen LogP contribution in [0.5, 0.6) is 0 Å². The molecule has 0 fully saturated rings. The summed E-state index contributed by atoms with van der Waals surface area (Å²) in [5.74, 6) is -1.56. The number of carbonyl (C=O) groups excluding carboxylic acids is 2. The molecule has 1 aromatic heterocycles. The van der Waals surface area contributed by atoms with Crippen molar-refractivity contribution in [3.63, 3.8) is 0 Å². The average molecular weight is 235 g/mol. The standard InChI is InChI=1S/C10H9N3O4/c1-2-4-8(14)12-10(15)9-7(13(16)17)5-3-6-11-9/h2-6H,1H3,(H,12,14,15). The van der Waals surface area contributed by atoms with E-state index >= 15 is 0 Å². The van der Waals surface area contributed by atoms with Crippen molar-refractivity contribution in [1.29, 1.82) is 0 Å². The highest BCUT2D eigenvalue weighted by atomic mass is 16.6. The van der Waals surface area contributed by atoms with Crippen LogP contribution in [0.3, 0.4) is 0 Å². The van der Waals surface area contributed by atoms with Crippen LogP contribution in [0.15, 0.2) is 30.5 Å². The van der Waals surface area contributed by atoms with Crippen molar-refractivity contribution in [1.82, 2.24) is 10.3 Å². The quantitative estimate of drug-likeness (QED) is 0.474. The molecule has 0 unspecified atom stereocenters. The van der Waals surface area contributed by atoms with Crippen LogP contribution in [0.4, 0.5) is 5.69 Å². The number of nitro groups is 1. The van der Waals surface area contributed by atoms with Crippen LogP contribution in [0, 0.1) is 10.1 Å². The third-order valence-electron chi connectivity index (χ3n) is 1.75. The molecule has 7 nitrogen and oxygen atoms in total. The molecule has 0 saturated carbocycles. The van der Waals surface area contributed by atoms with Crippen LogP contribution in [0.2, 0.25) is 0 Å². The lowest BCUT2D eigenvalue weighted by molar-refractivity contribution is -0.385. The molecule has 88 valence electrons. The summed E-state index contributed by atoms with van der Waals surface area (Å²) in [6.07, 6.45) is 3.81.